The third-order valence-electron chi connectivity index (χ3n) is 3.37. The molecule has 1 saturated heterocycles. The van der Waals surface area contributed by atoms with Crippen molar-refractivity contribution in [2.75, 3.05) is 18.1 Å². The number of sulfone groups is 2. The van der Waals surface area contributed by atoms with E-state index in [9.17, 15) is 21.2 Å². The highest BCUT2D eigenvalue weighted by molar-refractivity contribution is 7.96. The molecule has 2 rings (SSSR count). The van der Waals surface area contributed by atoms with Crippen molar-refractivity contribution in [2.45, 2.75) is 16.2 Å². The fourth-order valence-corrected chi connectivity index (χ4v) is 7.06. The van der Waals surface area contributed by atoms with E-state index in [0.717, 1.165) is 24.3 Å². The number of rotatable bonds is 5. The molecule has 2 atom stereocenters. The van der Waals surface area contributed by atoms with Crippen LogP contribution in [0.4, 0.5) is 4.39 Å². The Morgan fingerprint density at radius 3 is 2.48 bits per heavy atom. The smallest absolute Gasteiger partial charge is 0.183 e. The topological polar surface area (TPSA) is 80.3 Å². The van der Waals surface area contributed by atoms with E-state index in [-0.39, 0.29) is 10.6 Å². The number of benzene rings is 1. The van der Waals surface area contributed by atoms with Gasteiger partial charge in [0.15, 0.2) is 19.7 Å². The summed E-state index contributed by atoms with van der Waals surface area (Å²) in [6.45, 7) is 3.83. The molecule has 1 fully saturated rings. The SMILES string of the molecule is C=CCNC1CS(=O)(=O)CC1S(=O)(=O)c1ccc(F)cc1. The quantitative estimate of drug-likeness (QED) is 0.628. The van der Waals surface area contributed by atoms with Gasteiger partial charge in [0.1, 0.15) is 5.82 Å². The lowest BCUT2D eigenvalue weighted by Gasteiger charge is -2.19. The fraction of sp³-hybridized carbons (Fsp3) is 0.385. The van der Waals surface area contributed by atoms with E-state index in [1.54, 1.807) is 0 Å². The number of hydrogen-bond acceptors (Lipinski definition) is 5. The molecule has 1 aromatic rings. The summed E-state index contributed by atoms with van der Waals surface area (Å²) in [5.41, 5.74) is 0. The second kappa shape index (κ2) is 5.86. The van der Waals surface area contributed by atoms with Gasteiger partial charge in [0, 0.05) is 12.6 Å². The van der Waals surface area contributed by atoms with Crippen LogP contribution in [0.25, 0.3) is 0 Å². The number of hydrogen-bond donors (Lipinski definition) is 1. The Labute approximate surface area is 123 Å². The average Bonchev–Trinajstić information content (AvgIpc) is 2.73. The molecule has 8 heteroatoms. The summed E-state index contributed by atoms with van der Waals surface area (Å²) in [6, 6.07) is 3.70. The van der Waals surface area contributed by atoms with Crippen molar-refractivity contribution in [2.24, 2.45) is 0 Å². The van der Waals surface area contributed by atoms with Gasteiger partial charge in [-0.3, -0.25) is 0 Å². The second-order valence-electron chi connectivity index (χ2n) is 4.92. The van der Waals surface area contributed by atoms with Crippen LogP contribution in [-0.2, 0) is 19.7 Å². The molecule has 21 heavy (non-hydrogen) atoms. The second-order valence-corrected chi connectivity index (χ2v) is 9.24. The minimum Gasteiger partial charge on any atom is -0.308 e. The van der Waals surface area contributed by atoms with Crippen molar-refractivity contribution in [3.05, 3.63) is 42.7 Å². The van der Waals surface area contributed by atoms with Crippen LogP contribution in [0.15, 0.2) is 41.8 Å². The third-order valence-corrected chi connectivity index (χ3v) is 7.53. The molecule has 0 radical (unpaired) electrons. The molecular formula is C13H16FNO4S2. The van der Waals surface area contributed by atoms with Crippen LogP contribution in [0.2, 0.25) is 0 Å². The first-order chi connectivity index (χ1) is 9.76. The third kappa shape index (κ3) is 3.50. The van der Waals surface area contributed by atoms with Crippen molar-refractivity contribution >= 4 is 19.7 Å². The van der Waals surface area contributed by atoms with Crippen molar-refractivity contribution in [1.82, 2.24) is 5.32 Å². The highest BCUT2D eigenvalue weighted by atomic mass is 32.2. The van der Waals surface area contributed by atoms with Gasteiger partial charge in [-0.2, -0.15) is 0 Å². The van der Waals surface area contributed by atoms with E-state index in [1.807, 2.05) is 0 Å². The molecule has 1 aromatic carbocycles. The average molecular weight is 333 g/mol. The van der Waals surface area contributed by atoms with Gasteiger partial charge in [-0.05, 0) is 24.3 Å². The molecule has 1 aliphatic rings. The van der Waals surface area contributed by atoms with E-state index < -0.39 is 42.5 Å². The lowest BCUT2D eigenvalue weighted by atomic mass is 10.2. The van der Waals surface area contributed by atoms with Crippen LogP contribution in [0.1, 0.15) is 0 Å². The maximum absolute atomic E-state index is 12.9. The molecule has 0 saturated carbocycles. The molecule has 0 amide bonds. The van der Waals surface area contributed by atoms with Crippen LogP contribution in [0.3, 0.4) is 0 Å². The van der Waals surface area contributed by atoms with Gasteiger partial charge in [0.05, 0.1) is 21.7 Å². The van der Waals surface area contributed by atoms with E-state index >= 15 is 0 Å². The van der Waals surface area contributed by atoms with Crippen molar-refractivity contribution in [3.8, 4) is 0 Å². The summed E-state index contributed by atoms with van der Waals surface area (Å²) in [7, 11) is -7.27. The molecule has 0 bridgehead atoms. The molecule has 1 N–H and O–H groups in total. The molecular weight excluding hydrogens is 317 g/mol. The minimum atomic E-state index is -3.85. The lowest BCUT2D eigenvalue weighted by Crippen LogP contribution is -2.43. The first-order valence-electron chi connectivity index (χ1n) is 6.30. The monoisotopic (exact) mass is 333 g/mol. The van der Waals surface area contributed by atoms with Crippen molar-refractivity contribution in [1.29, 1.82) is 0 Å². The Bertz CT molecular complexity index is 726. The summed E-state index contributed by atoms with van der Waals surface area (Å²) >= 11 is 0. The standard InChI is InChI=1S/C13H16FNO4S2/c1-2-7-15-12-8-20(16,17)9-13(12)21(18,19)11-5-3-10(14)4-6-11/h2-6,12-13,15H,1,7-9H2. The largest absolute Gasteiger partial charge is 0.308 e. The van der Waals surface area contributed by atoms with Gasteiger partial charge in [0.2, 0.25) is 0 Å². The van der Waals surface area contributed by atoms with E-state index in [1.165, 1.54) is 6.08 Å². The maximum Gasteiger partial charge on any atom is 0.183 e. The highest BCUT2D eigenvalue weighted by Crippen LogP contribution is 2.26. The Morgan fingerprint density at radius 2 is 1.90 bits per heavy atom. The Balaban J connectivity index is 2.36. The van der Waals surface area contributed by atoms with Crippen molar-refractivity contribution < 1.29 is 21.2 Å². The van der Waals surface area contributed by atoms with Gasteiger partial charge in [-0.1, -0.05) is 6.08 Å². The van der Waals surface area contributed by atoms with Gasteiger partial charge in [0.25, 0.3) is 0 Å². The molecule has 0 aromatic heterocycles. The van der Waals surface area contributed by atoms with Crippen LogP contribution < -0.4 is 5.32 Å². The number of nitrogens with one attached hydrogen (secondary N) is 1. The summed E-state index contributed by atoms with van der Waals surface area (Å²) in [6.07, 6.45) is 1.53. The van der Waals surface area contributed by atoms with E-state index in [2.05, 4.69) is 11.9 Å². The zero-order valence-electron chi connectivity index (χ0n) is 11.2. The van der Waals surface area contributed by atoms with E-state index in [0.29, 0.717) is 6.54 Å². The summed E-state index contributed by atoms with van der Waals surface area (Å²) in [4.78, 5) is -0.0728. The van der Waals surface area contributed by atoms with Gasteiger partial charge in [-0.25, -0.2) is 21.2 Å². The normalized spacial score (nSPS) is 24.8. The van der Waals surface area contributed by atoms with Crippen LogP contribution in [0.5, 0.6) is 0 Å². The minimum absolute atomic E-state index is 0.0728. The van der Waals surface area contributed by atoms with Crippen LogP contribution >= 0.6 is 0 Å². The molecule has 0 spiro atoms. The van der Waals surface area contributed by atoms with E-state index in [4.69, 9.17) is 0 Å². The predicted octanol–water partition coefficient (Wildman–Crippen LogP) is 0.541. The summed E-state index contributed by atoms with van der Waals surface area (Å²) in [5.74, 6) is -1.21. The lowest BCUT2D eigenvalue weighted by molar-refractivity contribution is 0.543. The highest BCUT2D eigenvalue weighted by Gasteiger charge is 2.45. The Hall–Kier alpha value is -1.25. The first-order valence-corrected chi connectivity index (χ1v) is 9.67. The van der Waals surface area contributed by atoms with Gasteiger partial charge >= 0.3 is 0 Å². The zero-order valence-corrected chi connectivity index (χ0v) is 12.8. The summed E-state index contributed by atoms with van der Waals surface area (Å²) < 4.78 is 61.5. The fourth-order valence-electron chi connectivity index (χ4n) is 2.35. The summed E-state index contributed by atoms with van der Waals surface area (Å²) in [5, 5.41) is 1.80. The Kier molecular flexibility index (Phi) is 4.50. The molecule has 5 nitrogen and oxygen atoms in total. The Morgan fingerprint density at radius 1 is 1.29 bits per heavy atom. The van der Waals surface area contributed by atoms with Gasteiger partial charge in [-0.15, -0.1) is 6.58 Å². The zero-order chi connectivity index (χ0) is 15.7. The predicted molar refractivity (Wildman–Crippen MR) is 78.0 cm³/mol. The maximum atomic E-state index is 12.9. The van der Waals surface area contributed by atoms with Crippen molar-refractivity contribution in [3.63, 3.8) is 0 Å². The first kappa shape index (κ1) is 16.1. The number of halogens is 1. The van der Waals surface area contributed by atoms with Gasteiger partial charge < -0.3 is 5.32 Å². The molecule has 1 heterocycles. The van der Waals surface area contributed by atoms with Crippen LogP contribution in [-0.4, -0.2) is 46.2 Å². The van der Waals surface area contributed by atoms with Crippen LogP contribution in [0, 0.1) is 5.82 Å². The molecule has 116 valence electrons. The molecule has 0 aliphatic carbocycles. The molecule has 2 unspecified atom stereocenters. The molecule has 1 aliphatic heterocycles.